The summed E-state index contributed by atoms with van der Waals surface area (Å²) in [5.74, 6) is 4.13. The highest BCUT2D eigenvalue weighted by Crippen LogP contribution is 2.54. The van der Waals surface area contributed by atoms with Crippen LogP contribution in [-0.4, -0.2) is 0 Å². The Labute approximate surface area is 132 Å². The third-order valence-electron chi connectivity index (χ3n) is 5.83. The summed E-state index contributed by atoms with van der Waals surface area (Å²) < 4.78 is 0. The first kappa shape index (κ1) is 16.6. The van der Waals surface area contributed by atoms with Crippen LogP contribution in [0.1, 0.15) is 83.3 Å². The molecule has 0 radical (unpaired) electrons. The lowest BCUT2D eigenvalue weighted by Crippen LogP contribution is -2.33. The van der Waals surface area contributed by atoms with E-state index < -0.39 is 0 Å². The van der Waals surface area contributed by atoms with Crippen molar-refractivity contribution < 1.29 is 0 Å². The maximum atomic E-state index is 2.42. The van der Waals surface area contributed by atoms with Gasteiger partial charge in [-0.25, -0.2) is 0 Å². The smallest absolute Gasteiger partial charge is 0.0128 e. The summed E-state index contributed by atoms with van der Waals surface area (Å²) in [6, 6.07) is 9.26. The van der Waals surface area contributed by atoms with Crippen molar-refractivity contribution in [1.82, 2.24) is 0 Å². The average Bonchev–Trinajstić information content (AvgIpc) is 3.07. The molecule has 0 aliphatic heterocycles. The van der Waals surface area contributed by atoms with Gasteiger partial charge in [-0.3, -0.25) is 0 Å². The number of rotatable bonds is 0. The largest absolute Gasteiger partial charge is 0.0683 e. The minimum Gasteiger partial charge on any atom is -0.0683 e. The van der Waals surface area contributed by atoms with Crippen LogP contribution in [0.25, 0.3) is 0 Å². The van der Waals surface area contributed by atoms with Gasteiger partial charge in [0.25, 0.3) is 0 Å². The fourth-order valence-corrected chi connectivity index (χ4v) is 5.14. The summed E-state index contributed by atoms with van der Waals surface area (Å²) in [6.07, 6.45) is 10.4. The Morgan fingerprint density at radius 3 is 2.33 bits per heavy atom. The van der Waals surface area contributed by atoms with Crippen LogP contribution in [0.4, 0.5) is 0 Å². The lowest BCUT2D eigenvalue weighted by Gasteiger charge is -2.44. The predicted molar refractivity (Wildman–Crippen MR) is 93.8 cm³/mol. The molecule has 1 aromatic carbocycles. The van der Waals surface area contributed by atoms with Gasteiger partial charge < -0.3 is 0 Å². The number of aryl methyl sites for hydroxylation is 1. The van der Waals surface area contributed by atoms with Gasteiger partial charge in [0.1, 0.15) is 0 Å². The molecule has 2 saturated carbocycles. The van der Waals surface area contributed by atoms with Crippen LogP contribution in [0.15, 0.2) is 24.3 Å². The molecule has 0 heterocycles. The highest BCUT2D eigenvalue weighted by Gasteiger charge is 2.43. The number of fused-ring (bicyclic) bond motifs is 5. The van der Waals surface area contributed by atoms with Gasteiger partial charge in [-0.15, -0.1) is 0 Å². The minimum absolute atomic E-state index is 0.916. The van der Waals surface area contributed by atoms with Gasteiger partial charge >= 0.3 is 0 Å². The van der Waals surface area contributed by atoms with Crippen molar-refractivity contribution in [2.75, 3.05) is 0 Å². The Morgan fingerprint density at radius 2 is 1.52 bits per heavy atom. The molecule has 0 bridgehead atoms. The molecule has 0 spiro atoms. The molecule has 118 valence electrons. The summed E-state index contributed by atoms with van der Waals surface area (Å²) in [5.41, 5.74) is 3.37. The van der Waals surface area contributed by atoms with Gasteiger partial charge in [0.05, 0.1) is 0 Å². The van der Waals surface area contributed by atoms with Crippen LogP contribution >= 0.6 is 0 Å². The molecule has 0 N–H and O–H groups in total. The normalized spacial score (nSPS) is 32.4. The first-order chi connectivity index (χ1) is 10.4. The predicted octanol–water partition coefficient (Wildman–Crippen LogP) is 6.60. The molecular formula is C21H34. The van der Waals surface area contributed by atoms with Crippen molar-refractivity contribution in [2.24, 2.45) is 17.8 Å². The summed E-state index contributed by atoms with van der Waals surface area (Å²) in [4.78, 5) is 0. The van der Waals surface area contributed by atoms with E-state index in [4.69, 9.17) is 0 Å². The average molecular weight is 287 g/mol. The zero-order valence-electron chi connectivity index (χ0n) is 14.6. The molecule has 0 heteroatoms. The van der Waals surface area contributed by atoms with E-state index in [0.29, 0.717) is 0 Å². The molecule has 21 heavy (non-hydrogen) atoms. The SMILES string of the molecule is CC.CC.c1ccc2c(c1)CCC1C2CCC2CCCC21. The van der Waals surface area contributed by atoms with Crippen LogP contribution in [0.3, 0.4) is 0 Å². The van der Waals surface area contributed by atoms with Gasteiger partial charge in [-0.1, -0.05) is 64.8 Å². The first-order valence-electron chi connectivity index (χ1n) is 9.51. The number of hydrogen-bond acceptors (Lipinski definition) is 0. The maximum absolute atomic E-state index is 2.42. The standard InChI is InChI=1S/C17H22.2C2H6/c1-2-6-14-12(4-1)8-10-17-15-7-3-5-13(15)9-11-16(14)17;2*1-2/h1-2,4,6,13,15-17H,3,5,7-11H2;2*1-2H3. The van der Waals surface area contributed by atoms with Crippen molar-refractivity contribution in [3.8, 4) is 0 Å². The summed E-state index contributed by atoms with van der Waals surface area (Å²) >= 11 is 0. The zero-order valence-corrected chi connectivity index (χ0v) is 14.6. The lowest BCUT2D eigenvalue weighted by molar-refractivity contribution is 0.137. The molecule has 3 aliphatic carbocycles. The second kappa shape index (κ2) is 8.01. The van der Waals surface area contributed by atoms with Gasteiger partial charge in [-0.05, 0) is 66.9 Å². The fraction of sp³-hybridized carbons (Fsp3) is 0.714. The molecule has 0 aromatic heterocycles. The van der Waals surface area contributed by atoms with Crippen LogP contribution in [-0.2, 0) is 6.42 Å². The van der Waals surface area contributed by atoms with E-state index in [0.717, 1.165) is 23.7 Å². The first-order valence-corrected chi connectivity index (χ1v) is 9.51. The molecule has 4 atom stereocenters. The third kappa shape index (κ3) is 3.20. The molecule has 4 rings (SSSR count). The Morgan fingerprint density at radius 1 is 0.762 bits per heavy atom. The molecule has 4 unspecified atom stereocenters. The molecule has 0 amide bonds. The highest BCUT2D eigenvalue weighted by molar-refractivity contribution is 5.34. The zero-order chi connectivity index (χ0) is 15.2. The monoisotopic (exact) mass is 286 g/mol. The van der Waals surface area contributed by atoms with Crippen LogP contribution < -0.4 is 0 Å². The minimum atomic E-state index is 0.916. The van der Waals surface area contributed by atoms with E-state index in [2.05, 4.69) is 24.3 Å². The molecule has 3 aliphatic rings. The molecular weight excluding hydrogens is 252 g/mol. The molecule has 1 aromatic rings. The maximum Gasteiger partial charge on any atom is -0.0128 e. The van der Waals surface area contributed by atoms with Gasteiger partial charge in [0, 0.05) is 0 Å². The van der Waals surface area contributed by atoms with Gasteiger partial charge in [0.15, 0.2) is 0 Å². The van der Waals surface area contributed by atoms with Crippen LogP contribution in [0, 0.1) is 17.8 Å². The van der Waals surface area contributed by atoms with E-state index in [1.807, 2.05) is 27.7 Å². The van der Waals surface area contributed by atoms with Crippen LogP contribution in [0.2, 0.25) is 0 Å². The van der Waals surface area contributed by atoms with Gasteiger partial charge in [0.2, 0.25) is 0 Å². The Bertz CT molecular complexity index is 420. The van der Waals surface area contributed by atoms with Crippen molar-refractivity contribution in [1.29, 1.82) is 0 Å². The van der Waals surface area contributed by atoms with E-state index in [1.165, 1.54) is 44.9 Å². The quantitative estimate of drug-likeness (QED) is 0.504. The van der Waals surface area contributed by atoms with E-state index in [1.54, 1.807) is 11.1 Å². The Kier molecular flexibility index (Phi) is 6.33. The van der Waals surface area contributed by atoms with E-state index in [-0.39, 0.29) is 0 Å². The molecule has 0 nitrogen and oxygen atoms in total. The lowest BCUT2D eigenvalue weighted by atomic mass is 9.61. The second-order valence-corrected chi connectivity index (χ2v) is 6.44. The number of benzene rings is 1. The van der Waals surface area contributed by atoms with E-state index in [9.17, 15) is 0 Å². The highest BCUT2D eigenvalue weighted by atomic mass is 14.5. The van der Waals surface area contributed by atoms with Gasteiger partial charge in [-0.2, -0.15) is 0 Å². The van der Waals surface area contributed by atoms with Crippen LogP contribution in [0.5, 0.6) is 0 Å². The third-order valence-corrected chi connectivity index (χ3v) is 5.83. The topological polar surface area (TPSA) is 0 Å². The summed E-state index contributed by atoms with van der Waals surface area (Å²) in [7, 11) is 0. The summed E-state index contributed by atoms with van der Waals surface area (Å²) in [6.45, 7) is 8.00. The van der Waals surface area contributed by atoms with E-state index >= 15 is 0 Å². The molecule has 2 fully saturated rings. The fourth-order valence-electron chi connectivity index (χ4n) is 5.14. The summed E-state index contributed by atoms with van der Waals surface area (Å²) in [5, 5.41) is 0. The number of hydrogen-bond donors (Lipinski definition) is 0. The second-order valence-electron chi connectivity index (χ2n) is 6.44. The van der Waals surface area contributed by atoms with Crippen molar-refractivity contribution in [3.05, 3.63) is 35.4 Å². The Balaban J connectivity index is 0.000000374. The Hall–Kier alpha value is -0.780. The van der Waals surface area contributed by atoms with Crippen molar-refractivity contribution >= 4 is 0 Å². The van der Waals surface area contributed by atoms with Crippen molar-refractivity contribution in [2.45, 2.75) is 78.6 Å². The molecule has 0 saturated heterocycles. The van der Waals surface area contributed by atoms with Crippen molar-refractivity contribution in [3.63, 3.8) is 0 Å².